The summed E-state index contributed by atoms with van der Waals surface area (Å²) in [5.41, 5.74) is 2.47. The normalized spacial score (nSPS) is 12.7. The van der Waals surface area contributed by atoms with Crippen LogP contribution in [-0.2, 0) is 0 Å². The fraction of sp³-hybridized carbons (Fsp3) is 0.600. The van der Waals surface area contributed by atoms with E-state index >= 15 is 0 Å². The Kier molecular flexibility index (Phi) is 7.42. The van der Waals surface area contributed by atoms with Crippen LogP contribution in [0.15, 0.2) is 18.2 Å². The van der Waals surface area contributed by atoms with Gasteiger partial charge in [-0.1, -0.05) is 6.07 Å². The molecule has 1 atom stereocenters. The quantitative estimate of drug-likeness (QED) is 0.875. The minimum atomic E-state index is -0.495. The first kappa shape index (κ1) is 18.2. The molecule has 0 spiro atoms. The third-order valence-corrected chi connectivity index (χ3v) is 2.79. The van der Waals surface area contributed by atoms with Crippen LogP contribution in [0.2, 0.25) is 0 Å². The van der Waals surface area contributed by atoms with Crippen LogP contribution in [0, 0.1) is 13.8 Å². The van der Waals surface area contributed by atoms with Gasteiger partial charge in [-0.25, -0.2) is 0 Å². The molecular weight excluding hydrogens is 262 g/mol. The molecule has 0 aliphatic heterocycles. The Labute approximate surface area is 122 Å². The van der Waals surface area contributed by atoms with Crippen molar-refractivity contribution in [2.45, 2.75) is 46.3 Å². The molecule has 0 fully saturated rings. The van der Waals surface area contributed by atoms with E-state index < -0.39 is 6.10 Å². The average molecular weight is 288 g/mol. The topological polar surface area (TPSA) is 41.5 Å². The first-order chi connectivity index (χ1) is 8.28. The van der Waals surface area contributed by atoms with E-state index in [1.165, 1.54) is 11.1 Å². The number of benzene rings is 1. The summed E-state index contributed by atoms with van der Waals surface area (Å²) in [6, 6.07) is 5.97. The van der Waals surface area contributed by atoms with Gasteiger partial charge in [-0.2, -0.15) is 0 Å². The molecule has 3 nitrogen and oxygen atoms in total. The van der Waals surface area contributed by atoms with E-state index in [0.29, 0.717) is 13.2 Å². The number of aryl methyl sites for hydroxylation is 2. The molecule has 0 bridgehead atoms. The lowest BCUT2D eigenvalue weighted by Gasteiger charge is -2.23. The van der Waals surface area contributed by atoms with E-state index in [9.17, 15) is 5.11 Å². The zero-order valence-corrected chi connectivity index (χ0v) is 13.3. The Hall–Kier alpha value is -0.770. The molecule has 4 heteroatoms. The number of hydrogen-bond acceptors (Lipinski definition) is 3. The lowest BCUT2D eigenvalue weighted by Crippen LogP contribution is -2.42. The van der Waals surface area contributed by atoms with E-state index in [4.69, 9.17) is 4.74 Å². The Morgan fingerprint density at radius 3 is 2.37 bits per heavy atom. The zero-order valence-electron chi connectivity index (χ0n) is 12.5. The molecule has 1 rings (SSSR count). The van der Waals surface area contributed by atoms with Crippen LogP contribution in [0.5, 0.6) is 5.75 Å². The largest absolute Gasteiger partial charge is 0.491 e. The van der Waals surface area contributed by atoms with E-state index in [1.54, 1.807) is 0 Å². The fourth-order valence-electron chi connectivity index (χ4n) is 1.48. The van der Waals surface area contributed by atoms with Gasteiger partial charge in [-0.05, 0) is 57.9 Å². The Balaban J connectivity index is 0.00000324. The highest BCUT2D eigenvalue weighted by Crippen LogP contribution is 2.16. The van der Waals surface area contributed by atoms with E-state index in [2.05, 4.69) is 39.9 Å². The number of hydrogen-bond donors (Lipinski definition) is 2. The number of ether oxygens (including phenoxy) is 1. The molecule has 1 unspecified atom stereocenters. The lowest BCUT2D eigenvalue weighted by atomic mass is 10.1. The Bertz CT molecular complexity index is 388. The molecule has 0 saturated heterocycles. The summed E-state index contributed by atoms with van der Waals surface area (Å²) in [6.07, 6.45) is -0.495. The summed E-state index contributed by atoms with van der Waals surface area (Å²) < 4.78 is 5.58. The van der Waals surface area contributed by atoms with Crippen molar-refractivity contribution in [2.75, 3.05) is 13.2 Å². The zero-order chi connectivity index (χ0) is 13.8. The SMILES string of the molecule is Cc1ccc(OCC(O)CNC(C)(C)C)cc1C.Cl. The molecule has 0 aromatic heterocycles. The van der Waals surface area contributed by atoms with Gasteiger partial charge in [0.05, 0.1) is 0 Å². The van der Waals surface area contributed by atoms with Crippen molar-refractivity contribution in [3.05, 3.63) is 29.3 Å². The van der Waals surface area contributed by atoms with Crippen molar-refractivity contribution in [1.82, 2.24) is 5.32 Å². The van der Waals surface area contributed by atoms with Gasteiger partial charge in [0.15, 0.2) is 0 Å². The van der Waals surface area contributed by atoms with Crippen molar-refractivity contribution < 1.29 is 9.84 Å². The monoisotopic (exact) mass is 287 g/mol. The fourth-order valence-corrected chi connectivity index (χ4v) is 1.48. The van der Waals surface area contributed by atoms with Crippen LogP contribution in [0.3, 0.4) is 0 Å². The summed E-state index contributed by atoms with van der Waals surface area (Å²) in [6.45, 7) is 11.2. The van der Waals surface area contributed by atoms with Gasteiger partial charge < -0.3 is 15.2 Å². The number of nitrogens with one attached hydrogen (secondary N) is 1. The molecule has 0 aliphatic carbocycles. The Morgan fingerprint density at radius 1 is 1.21 bits per heavy atom. The van der Waals surface area contributed by atoms with Crippen molar-refractivity contribution in [3.63, 3.8) is 0 Å². The molecule has 0 aliphatic rings. The lowest BCUT2D eigenvalue weighted by molar-refractivity contribution is 0.100. The van der Waals surface area contributed by atoms with E-state index in [0.717, 1.165) is 5.75 Å². The van der Waals surface area contributed by atoms with Gasteiger partial charge >= 0.3 is 0 Å². The van der Waals surface area contributed by atoms with E-state index in [1.807, 2.05) is 18.2 Å². The van der Waals surface area contributed by atoms with E-state index in [-0.39, 0.29) is 17.9 Å². The van der Waals surface area contributed by atoms with Crippen LogP contribution < -0.4 is 10.1 Å². The molecule has 1 aromatic rings. The first-order valence-corrected chi connectivity index (χ1v) is 6.41. The molecule has 2 N–H and O–H groups in total. The van der Waals surface area contributed by atoms with Crippen molar-refractivity contribution in [1.29, 1.82) is 0 Å². The van der Waals surface area contributed by atoms with Crippen LogP contribution >= 0.6 is 12.4 Å². The number of rotatable bonds is 5. The highest BCUT2D eigenvalue weighted by Gasteiger charge is 2.12. The van der Waals surface area contributed by atoms with Gasteiger partial charge in [-0.15, -0.1) is 12.4 Å². The van der Waals surface area contributed by atoms with Crippen LogP contribution in [0.25, 0.3) is 0 Å². The summed E-state index contributed by atoms with van der Waals surface area (Å²) in [4.78, 5) is 0. The molecule has 1 aromatic carbocycles. The van der Waals surface area contributed by atoms with Crippen LogP contribution in [0.1, 0.15) is 31.9 Å². The van der Waals surface area contributed by atoms with Crippen molar-refractivity contribution >= 4 is 12.4 Å². The molecule has 0 heterocycles. The molecule has 0 saturated carbocycles. The molecule has 0 radical (unpaired) electrons. The predicted octanol–water partition coefficient (Wildman–Crippen LogP) is 2.85. The molecule has 19 heavy (non-hydrogen) atoms. The second kappa shape index (κ2) is 7.73. The summed E-state index contributed by atoms with van der Waals surface area (Å²) in [5, 5.41) is 13.1. The molecule has 110 valence electrons. The van der Waals surface area contributed by atoms with Gasteiger partial charge in [0.1, 0.15) is 18.5 Å². The van der Waals surface area contributed by atoms with Gasteiger partial charge in [-0.3, -0.25) is 0 Å². The summed E-state index contributed by atoms with van der Waals surface area (Å²) in [7, 11) is 0. The first-order valence-electron chi connectivity index (χ1n) is 6.41. The van der Waals surface area contributed by atoms with Gasteiger partial charge in [0, 0.05) is 12.1 Å². The van der Waals surface area contributed by atoms with Crippen LogP contribution in [0.4, 0.5) is 0 Å². The molecule has 0 amide bonds. The maximum atomic E-state index is 9.81. The minimum Gasteiger partial charge on any atom is -0.491 e. The average Bonchev–Trinajstić information content (AvgIpc) is 2.27. The second-order valence-electron chi connectivity index (χ2n) is 5.84. The van der Waals surface area contributed by atoms with Crippen molar-refractivity contribution in [2.24, 2.45) is 0 Å². The number of β-amino-alcohol motifs (C(OH)–C–C–N with tert-alkyl or cyclic N) is 1. The molecular formula is C15H26ClNO2. The van der Waals surface area contributed by atoms with Gasteiger partial charge in [0.2, 0.25) is 0 Å². The van der Waals surface area contributed by atoms with Crippen molar-refractivity contribution in [3.8, 4) is 5.75 Å². The Morgan fingerprint density at radius 2 is 1.84 bits per heavy atom. The third kappa shape index (κ3) is 7.41. The van der Waals surface area contributed by atoms with Crippen LogP contribution in [-0.4, -0.2) is 29.9 Å². The number of aliphatic hydroxyl groups excluding tert-OH is 1. The number of aliphatic hydroxyl groups is 1. The second-order valence-corrected chi connectivity index (χ2v) is 5.84. The minimum absolute atomic E-state index is 0. The van der Waals surface area contributed by atoms with Gasteiger partial charge in [0.25, 0.3) is 0 Å². The standard InChI is InChI=1S/C15H25NO2.ClH/c1-11-6-7-14(8-12(11)2)18-10-13(17)9-16-15(3,4)5;/h6-8,13,16-17H,9-10H2,1-5H3;1H. The smallest absolute Gasteiger partial charge is 0.119 e. The third-order valence-electron chi connectivity index (χ3n) is 2.79. The summed E-state index contributed by atoms with van der Waals surface area (Å²) in [5.74, 6) is 0.813. The maximum absolute atomic E-state index is 9.81. The maximum Gasteiger partial charge on any atom is 0.119 e. The highest BCUT2D eigenvalue weighted by molar-refractivity contribution is 5.85. The number of halogens is 1. The predicted molar refractivity (Wildman–Crippen MR) is 82.4 cm³/mol. The highest BCUT2D eigenvalue weighted by atomic mass is 35.5. The summed E-state index contributed by atoms with van der Waals surface area (Å²) >= 11 is 0.